The maximum atomic E-state index is 11.8. The third kappa shape index (κ3) is 2.87. The Kier molecular flexibility index (Phi) is 3.64. The van der Waals surface area contributed by atoms with Crippen molar-refractivity contribution in [3.05, 3.63) is 18.3 Å². The van der Waals surface area contributed by atoms with Gasteiger partial charge in [-0.15, -0.1) is 0 Å². The molecular formula is C14H20N4O. The van der Waals surface area contributed by atoms with Crippen LogP contribution in [0.2, 0.25) is 0 Å². The third-order valence-corrected chi connectivity index (χ3v) is 3.93. The van der Waals surface area contributed by atoms with E-state index in [1.807, 2.05) is 12.1 Å². The van der Waals surface area contributed by atoms with Gasteiger partial charge in [-0.05, 0) is 25.0 Å². The molecule has 2 N–H and O–H groups in total. The predicted octanol–water partition coefficient (Wildman–Crippen LogP) is 1.23. The molecule has 1 aliphatic heterocycles. The number of carbonyl (C=O) groups is 1. The molecule has 2 aliphatic rings. The van der Waals surface area contributed by atoms with Gasteiger partial charge in [-0.25, -0.2) is 4.98 Å². The Morgan fingerprint density at radius 3 is 2.68 bits per heavy atom. The first-order chi connectivity index (χ1) is 9.33. The largest absolute Gasteiger partial charge is 0.354 e. The summed E-state index contributed by atoms with van der Waals surface area (Å²) >= 11 is 0. The molecule has 1 amide bonds. The van der Waals surface area contributed by atoms with Crippen molar-refractivity contribution < 1.29 is 4.79 Å². The molecule has 2 fully saturated rings. The van der Waals surface area contributed by atoms with E-state index < -0.39 is 0 Å². The second-order valence-electron chi connectivity index (χ2n) is 5.26. The van der Waals surface area contributed by atoms with Crippen molar-refractivity contribution in [2.45, 2.75) is 19.3 Å². The highest BCUT2D eigenvalue weighted by atomic mass is 16.1. The highest BCUT2D eigenvalue weighted by Crippen LogP contribution is 2.27. The van der Waals surface area contributed by atoms with Gasteiger partial charge in [0, 0.05) is 32.1 Å². The molecule has 102 valence electrons. The summed E-state index contributed by atoms with van der Waals surface area (Å²) in [4.78, 5) is 18.5. The van der Waals surface area contributed by atoms with E-state index in [0.717, 1.165) is 50.5 Å². The smallest absolute Gasteiger partial charge is 0.227 e. The lowest BCUT2D eigenvalue weighted by Crippen LogP contribution is -2.43. The summed E-state index contributed by atoms with van der Waals surface area (Å²) in [7, 11) is 0. The van der Waals surface area contributed by atoms with Gasteiger partial charge in [0.15, 0.2) is 0 Å². The number of piperazine rings is 1. The highest BCUT2D eigenvalue weighted by Gasteiger charge is 2.25. The van der Waals surface area contributed by atoms with Crippen LogP contribution in [0.1, 0.15) is 19.3 Å². The number of hydrogen-bond acceptors (Lipinski definition) is 4. The van der Waals surface area contributed by atoms with Gasteiger partial charge in [0.05, 0.1) is 11.9 Å². The molecule has 1 aliphatic carbocycles. The molecule has 0 aromatic carbocycles. The van der Waals surface area contributed by atoms with E-state index in [0.29, 0.717) is 0 Å². The number of aromatic nitrogens is 1. The minimum Gasteiger partial charge on any atom is -0.354 e. The van der Waals surface area contributed by atoms with Crippen molar-refractivity contribution in [1.29, 1.82) is 0 Å². The molecule has 1 saturated carbocycles. The molecule has 1 aromatic heterocycles. The molecule has 19 heavy (non-hydrogen) atoms. The summed E-state index contributed by atoms with van der Waals surface area (Å²) in [6.45, 7) is 3.98. The van der Waals surface area contributed by atoms with Crippen molar-refractivity contribution in [3.63, 3.8) is 0 Å². The fraction of sp³-hybridized carbons (Fsp3) is 0.571. The Morgan fingerprint density at radius 2 is 2.11 bits per heavy atom. The van der Waals surface area contributed by atoms with Gasteiger partial charge >= 0.3 is 0 Å². The Morgan fingerprint density at radius 1 is 1.32 bits per heavy atom. The number of hydrogen-bond donors (Lipinski definition) is 2. The molecule has 1 saturated heterocycles. The second kappa shape index (κ2) is 5.57. The number of amides is 1. The van der Waals surface area contributed by atoms with Crippen LogP contribution in [-0.4, -0.2) is 37.1 Å². The maximum Gasteiger partial charge on any atom is 0.227 e. The summed E-state index contributed by atoms with van der Waals surface area (Å²) in [6.07, 6.45) is 4.99. The monoisotopic (exact) mass is 260 g/mol. The van der Waals surface area contributed by atoms with Crippen LogP contribution in [0.3, 0.4) is 0 Å². The van der Waals surface area contributed by atoms with E-state index in [1.54, 1.807) is 6.20 Å². The zero-order valence-corrected chi connectivity index (χ0v) is 11.1. The fourth-order valence-electron chi connectivity index (χ4n) is 2.46. The van der Waals surface area contributed by atoms with E-state index in [-0.39, 0.29) is 11.8 Å². The van der Waals surface area contributed by atoms with Crippen molar-refractivity contribution in [3.8, 4) is 0 Å². The SMILES string of the molecule is O=C(Nc1ccc(N2CCNCC2)nc1)C1CCC1. The average Bonchev–Trinajstić information content (AvgIpc) is 2.38. The highest BCUT2D eigenvalue weighted by molar-refractivity contribution is 5.92. The van der Waals surface area contributed by atoms with E-state index >= 15 is 0 Å². The summed E-state index contributed by atoms with van der Waals surface area (Å²) in [5.41, 5.74) is 0.802. The van der Waals surface area contributed by atoms with Crippen LogP contribution in [-0.2, 0) is 4.79 Å². The summed E-state index contributed by atoms with van der Waals surface area (Å²) in [6, 6.07) is 3.93. The van der Waals surface area contributed by atoms with Crippen molar-refractivity contribution in [2.75, 3.05) is 36.4 Å². The second-order valence-corrected chi connectivity index (χ2v) is 5.26. The van der Waals surface area contributed by atoms with Gasteiger partial charge < -0.3 is 15.5 Å². The Labute approximate surface area is 113 Å². The van der Waals surface area contributed by atoms with Gasteiger partial charge in [-0.3, -0.25) is 4.79 Å². The van der Waals surface area contributed by atoms with Crippen LogP contribution in [0, 0.1) is 5.92 Å². The quantitative estimate of drug-likeness (QED) is 0.858. The van der Waals surface area contributed by atoms with Crippen LogP contribution in [0.4, 0.5) is 11.5 Å². The molecule has 0 unspecified atom stereocenters. The van der Waals surface area contributed by atoms with Gasteiger partial charge in [-0.2, -0.15) is 0 Å². The lowest BCUT2D eigenvalue weighted by atomic mass is 9.85. The molecule has 0 spiro atoms. The van der Waals surface area contributed by atoms with Crippen LogP contribution in [0.15, 0.2) is 18.3 Å². The fourth-order valence-corrected chi connectivity index (χ4v) is 2.46. The summed E-state index contributed by atoms with van der Waals surface area (Å²) in [5.74, 6) is 1.35. The zero-order chi connectivity index (χ0) is 13.1. The molecule has 2 heterocycles. The number of pyridine rings is 1. The van der Waals surface area contributed by atoms with Crippen molar-refractivity contribution in [1.82, 2.24) is 10.3 Å². The molecule has 0 bridgehead atoms. The first-order valence-electron chi connectivity index (χ1n) is 7.05. The minimum absolute atomic E-state index is 0.142. The van der Waals surface area contributed by atoms with Crippen LogP contribution < -0.4 is 15.5 Å². The molecule has 5 nitrogen and oxygen atoms in total. The van der Waals surface area contributed by atoms with Gasteiger partial charge in [0.1, 0.15) is 5.82 Å². The Hall–Kier alpha value is -1.62. The van der Waals surface area contributed by atoms with Crippen LogP contribution >= 0.6 is 0 Å². The van der Waals surface area contributed by atoms with Gasteiger partial charge in [0.25, 0.3) is 0 Å². The number of anilines is 2. The average molecular weight is 260 g/mol. The Bertz CT molecular complexity index is 435. The van der Waals surface area contributed by atoms with Gasteiger partial charge in [0.2, 0.25) is 5.91 Å². The number of rotatable bonds is 3. The van der Waals surface area contributed by atoms with E-state index in [1.165, 1.54) is 6.42 Å². The molecule has 3 rings (SSSR count). The summed E-state index contributed by atoms with van der Waals surface area (Å²) < 4.78 is 0. The van der Waals surface area contributed by atoms with E-state index in [2.05, 4.69) is 20.5 Å². The first kappa shape index (κ1) is 12.4. The summed E-state index contributed by atoms with van der Waals surface area (Å²) in [5, 5.41) is 6.26. The van der Waals surface area contributed by atoms with E-state index in [4.69, 9.17) is 0 Å². The van der Waals surface area contributed by atoms with E-state index in [9.17, 15) is 4.79 Å². The molecule has 5 heteroatoms. The minimum atomic E-state index is 0.142. The van der Waals surface area contributed by atoms with Crippen molar-refractivity contribution in [2.24, 2.45) is 5.92 Å². The lowest BCUT2D eigenvalue weighted by molar-refractivity contribution is -0.122. The normalized spacial score (nSPS) is 19.9. The lowest BCUT2D eigenvalue weighted by Gasteiger charge is -2.28. The molecular weight excluding hydrogens is 240 g/mol. The molecule has 1 aromatic rings. The first-order valence-corrected chi connectivity index (χ1v) is 7.05. The number of carbonyl (C=O) groups excluding carboxylic acids is 1. The number of nitrogens with one attached hydrogen (secondary N) is 2. The standard InChI is InChI=1S/C14H20N4O/c19-14(11-2-1-3-11)17-12-4-5-13(16-10-12)18-8-6-15-7-9-18/h4-5,10-11,15H,1-3,6-9H2,(H,17,19). The van der Waals surface area contributed by atoms with Crippen LogP contribution in [0.25, 0.3) is 0 Å². The maximum absolute atomic E-state index is 11.8. The predicted molar refractivity (Wildman–Crippen MR) is 75.3 cm³/mol. The van der Waals surface area contributed by atoms with Crippen LogP contribution in [0.5, 0.6) is 0 Å². The molecule has 0 atom stereocenters. The topological polar surface area (TPSA) is 57.3 Å². The third-order valence-electron chi connectivity index (χ3n) is 3.93. The van der Waals surface area contributed by atoms with Gasteiger partial charge in [-0.1, -0.05) is 6.42 Å². The number of nitrogens with zero attached hydrogens (tertiary/aromatic N) is 2. The molecule has 0 radical (unpaired) electrons. The zero-order valence-electron chi connectivity index (χ0n) is 11.1. The Balaban J connectivity index is 1.59. The van der Waals surface area contributed by atoms with Crippen molar-refractivity contribution >= 4 is 17.4 Å².